The second-order valence-corrected chi connectivity index (χ2v) is 2.72. The van der Waals surface area contributed by atoms with Gasteiger partial charge in [0.2, 0.25) is 5.91 Å². The normalized spacial score (nSPS) is 9.77. The highest BCUT2D eigenvalue weighted by atomic mass is 19.1. The second-order valence-electron chi connectivity index (χ2n) is 2.72. The number of hydrogen-bond donors (Lipinski definition) is 1. The molecule has 0 bridgehead atoms. The number of nitrogens with zero attached hydrogens (tertiary/aromatic N) is 1. The Bertz CT molecular complexity index is 295. The predicted octanol–water partition coefficient (Wildman–Crippen LogP) is 1.22. The van der Waals surface area contributed by atoms with Gasteiger partial charge in [-0.05, 0) is 17.7 Å². The Labute approximate surface area is 75.4 Å². The van der Waals surface area contributed by atoms with Crippen molar-refractivity contribution >= 4 is 5.91 Å². The Balaban J connectivity index is 2.65. The summed E-state index contributed by atoms with van der Waals surface area (Å²) < 4.78 is 12.4. The number of hydrogen-bond acceptors (Lipinski definition) is 2. The SMILES string of the molecule is CN(O)C(=O)Cc1ccc(F)cc1. The molecule has 0 fully saturated rings. The Hall–Kier alpha value is -1.42. The smallest absolute Gasteiger partial charge is 0.250 e. The molecule has 0 unspecified atom stereocenters. The molecule has 1 N–H and O–H groups in total. The summed E-state index contributed by atoms with van der Waals surface area (Å²) >= 11 is 0. The highest BCUT2D eigenvalue weighted by molar-refractivity contribution is 5.77. The van der Waals surface area contributed by atoms with E-state index in [1.807, 2.05) is 0 Å². The van der Waals surface area contributed by atoms with Crippen molar-refractivity contribution in [3.63, 3.8) is 0 Å². The number of carbonyl (C=O) groups excluding carboxylic acids is 1. The van der Waals surface area contributed by atoms with Crippen LogP contribution >= 0.6 is 0 Å². The lowest BCUT2D eigenvalue weighted by Crippen LogP contribution is -2.24. The van der Waals surface area contributed by atoms with Crippen LogP contribution in [0.25, 0.3) is 0 Å². The van der Waals surface area contributed by atoms with E-state index in [4.69, 9.17) is 5.21 Å². The van der Waals surface area contributed by atoms with Gasteiger partial charge in [-0.15, -0.1) is 0 Å². The van der Waals surface area contributed by atoms with Crippen LogP contribution in [0, 0.1) is 5.82 Å². The Morgan fingerprint density at radius 1 is 1.46 bits per heavy atom. The van der Waals surface area contributed by atoms with Gasteiger partial charge in [-0.2, -0.15) is 0 Å². The first-order chi connectivity index (χ1) is 6.09. The molecule has 1 aromatic carbocycles. The van der Waals surface area contributed by atoms with E-state index in [1.165, 1.54) is 31.3 Å². The molecule has 0 aliphatic carbocycles. The maximum atomic E-state index is 12.4. The molecule has 0 aliphatic heterocycles. The van der Waals surface area contributed by atoms with Crippen molar-refractivity contribution in [3.8, 4) is 0 Å². The van der Waals surface area contributed by atoms with Crippen LogP contribution in [0.4, 0.5) is 4.39 Å². The molecule has 0 aliphatic rings. The van der Waals surface area contributed by atoms with Crippen molar-refractivity contribution in [1.29, 1.82) is 0 Å². The van der Waals surface area contributed by atoms with Crippen LogP contribution < -0.4 is 0 Å². The molecule has 0 saturated carbocycles. The summed E-state index contributed by atoms with van der Waals surface area (Å²) in [6, 6.07) is 5.58. The van der Waals surface area contributed by atoms with Crippen LogP contribution in [0.2, 0.25) is 0 Å². The van der Waals surface area contributed by atoms with E-state index >= 15 is 0 Å². The molecular weight excluding hydrogens is 173 g/mol. The van der Waals surface area contributed by atoms with Gasteiger partial charge in [0.1, 0.15) is 5.82 Å². The monoisotopic (exact) mass is 183 g/mol. The lowest BCUT2D eigenvalue weighted by atomic mass is 10.1. The lowest BCUT2D eigenvalue weighted by Gasteiger charge is -2.07. The minimum absolute atomic E-state index is 0.0767. The molecule has 13 heavy (non-hydrogen) atoms. The van der Waals surface area contributed by atoms with Crippen molar-refractivity contribution in [2.75, 3.05) is 7.05 Å². The van der Waals surface area contributed by atoms with Gasteiger partial charge in [0.05, 0.1) is 6.42 Å². The largest absolute Gasteiger partial charge is 0.286 e. The third kappa shape index (κ3) is 2.83. The number of hydroxylamine groups is 2. The van der Waals surface area contributed by atoms with Gasteiger partial charge in [-0.25, -0.2) is 9.45 Å². The molecule has 4 heteroatoms. The number of rotatable bonds is 2. The number of amides is 1. The topological polar surface area (TPSA) is 40.5 Å². The highest BCUT2D eigenvalue weighted by Crippen LogP contribution is 2.04. The van der Waals surface area contributed by atoms with Gasteiger partial charge >= 0.3 is 0 Å². The Kier molecular flexibility index (Phi) is 2.97. The summed E-state index contributed by atoms with van der Waals surface area (Å²) in [4.78, 5) is 11.0. The third-order valence-electron chi connectivity index (χ3n) is 1.63. The number of benzene rings is 1. The van der Waals surface area contributed by atoms with E-state index in [2.05, 4.69) is 0 Å². The zero-order valence-corrected chi connectivity index (χ0v) is 7.20. The van der Waals surface area contributed by atoms with Gasteiger partial charge in [0.25, 0.3) is 0 Å². The molecule has 1 aromatic rings. The Morgan fingerprint density at radius 3 is 2.46 bits per heavy atom. The molecule has 0 saturated heterocycles. The maximum absolute atomic E-state index is 12.4. The van der Waals surface area contributed by atoms with Crippen LogP contribution in [0.3, 0.4) is 0 Å². The van der Waals surface area contributed by atoms with E-state index in [0.29, 0.717) is 10.6 Å². The van der Waals surface area contributed by atoms with Crippen molar-refractivity contribution in [3.05, 3.63) is 35.6 Å². The maximum Gasteiger partial charge on any atom is 0.250 e. The molecule has 0 heterocycles. The fraction of sp³-hybridized carbons (Fsp3) is 0.222. The summed E-state index contributed by atoms with van der Waals surface area (Å²) in [5, 5.41) is 9.26. The van der Waals surface area contributed by atoms with Crippen LogP contribution in [0.5, 0.6) is 0 Å². The van der Waals surface area contributed by atoms with Crippen LogP contribution in [0.15, 0.2) is 24.3 Å². The van der Waals surface area contributed by atoms with E-state index in [-0.39, 0.29) is 12.2 Å². The highest BCUT2D eigenvalue weighted by Gasteiger charge is 2.06. The summed E-state index contributed by atoms with van der Waals surface area (Å²) in [7, 11) is 1.26. The van der Waals surface area contributed by atoms with Gasteiger partial charge in [0, 0.05) is 7.05 Å². The number of halogens is 1. The van der Waals surface area contributed by atoms with Crippen molar-refractivity contribution in [1.82, 2.24) is 5.06 Å². The fourth-order valence-electron chi connectivity index (χ4n) is 0.891. The van der Waals surface area contributed by atoms with Crippen LogP contribution in [0.1, 0.15) is 5.56 Å². The van der Waals surface area contributed by atoms with E-state index in [9.17, 15) is 9.18 Å². The minimum atomic E-state index is -0.424. The third-order valence-corrected chi connectivity index (χ3v) is 1.63. The first-order valence-electron chi connectivity index (χ1n) is 3.79. The van der Waals surface area contributed by atoms with Gasteiger partial charge in [-0.1, -0.05) is 12.1 Å². The first kappa shape index (κ1) is 9.67. The molecule has 0 atom stereocenters. The van der Waals surface area contributed by atoms with E-state index in [1.54, 1.807) is 0 Å². The molecule has 0 spiro atoms. The molecule has 1 amide bonds. The van der Waals surface area contributed by atoms with Gasteiger partial charge in [-0.3, -0.25) is 10.0 Å². The summed E-state index contributed by atoms with van der Waals surface area (Å²) in [5.41, 5.74) is 0.673. The minimum Gasteiger partial charge on any atom is -0.286 e. The summed E-state index contributed by atoms with van der Waals surface area (Å²) in [6.07, 6.45) is 0.0767. The fourth-order valence-corrected chi connectivity index (χ4v) is 0.891. The van der Waals surface area contributed by atoms with Gasteiger partial charge in [0.15, 0.2) is 0 Å². The molecule has 1 rings (SSSR count). The van der Waals surface area contributed by atoms with Gasteiger partial charge < -0.3 is 0 Å². The standard InChI is InChI=1S/C9H10FNO2/c1-11(13)9(12)6-7-2-4-8(10)5-3-7/h2-5,13H,6H2,1H3. The zero-order chi connectivity index (χ0) is 9.84. The Morgan fingerprint density at radius 2 is 2.00 bits per heavy atom. The quantitative estimate of drug-likeness (QED) is 0.553. The number of carbonyl (C=O) groups is 1. The average molecular weight is 183 g/mol. The molecule has 0 aromatic heterocycles. The van der Waals surface area contributed by atoms with Crippen LogP contribution in [-0.4, -0.2) is 23.2 Å². The van der Waals surface area contributed by atoms with Crippen LogP contribution in [-0.2, 0) is 11.2 Å². The predicted molar refractivity (Wildman–Crippen MR) is 44.7 cm³/mol. The summed E-state index contributed by atoms with van der Waals surface area (Å²) in [5.74, 6) is -0.764. The van der Waals surface area contributed by atoms with E-state index in [0.717, 1.165) is 0 Å². The molecule has 70 valence electrons. The first-order valence-corrected chi connectivity index (χ1v) is 3.79. The lowest BCUT2D eigenvalue weighted by molar-refractivity contribution is -0.158. The zero-order valence-electron chi connectivity index (χ0n) is 7.20. The van der Waals surface area contributed by atoms with Crippen molar-refractivity contribution < 1.29 is 14.4 Å². The number of likely N-dealkylation sites (N-methyl/N-ethyl adjacent to an activating group) is 1. The second kappa shape index (κ2) is 4.00. The molecular formula is C9H10FNO2. The average Bonchev–Trinajstić information content (AvgIpc) is 2.08. The summed E-state index contributed by atoms with van der Waals surface area (Å²) in [6.45, 7) is 0. The molecule has 3 nitrogen and oxygen atoms in total. The van der Waals surface area contributed by atoms with Crippen molar-refractivity contribution in [2.24, 2.45) is 0 Å². The van der Waals surface area contributed by atoms with E-state index < -0.39 is 5.91 Å². The van der Waals surface area contributed by atoms with Crippen molar-refractivity contribution in [2.45, 2.75) is 6.42 Å². The molecule has 0 radical (unpaired) electrons.